The molecule has 6 atom stereocenters. The molecule has 0 heterocycles. The maximum atomic E-state index is 13.6. The van der Waals surface area contributed by atoms with Gasteiger partial charge in [0, 0.05) is 6.42 Å². The lowest BCUT2D eigenvalue weighted by Gasteiger charge is -2.28. The second-order valence-electron chi connectivity index (χ2n) is 13.3. The van der Waals surface area contributed by atoms with Crippen LogP contribution in [0.4, 0.5) is 0 Å². The Labute approximate surface area is 286 Å². The van der Waals surface area contributed by atoms with Crippen molar-refractivity contribution in [3.05, 3.63) is 29.8 Å². The largest absolute Gasteiger partial charge is 0.508 e. The maximum Gasteiger partial charge on any atom is 0.326 e. The van der Waals surface area contributed by atoms with E-state index < -0.39 is 90.1 Å². The summed E-state index contributed by atoms with van der Waals surface area (Å²) in [5, 5.41) is 40.8. The van der Waals surface area contributed by atoms with Crippen molar-refractivity contribution in [3.63, 3.8) is 0 Å². The van der Waals surface area contributed by atoms with E-state index in [9.17, 15) is 48.9 Å². The molecule has 0 saturated heterocycles. The average molecular weight is 693 g/mol. The minimum Gasteiger partial charge on any atom is -0.508 e. The quantitative estimate of drug-likeness (QED) is 0.0879. The van der Waals surface area contributed by atoms with Gasteiger partial charge in [0.25, 0.3) is 0 Å². The van der Waals surface area contributed by atoms with E-state index >= 15 is 0 Å². The first-order valence-electron chi connectivity index (χ1n) is 16.2. The minimum absolute atomic E-state index is 0.0515. The van der Waals surface area contributed by atoms with Gasteiger partial charge in [-0.25, -0.2) is 4.79 Å². The van der Waals surface area contributed by atoms with Crippen LogP contribution in [-0.4, -0.2) is 93.0 Å². The van der Waals surface area contributed by atoms with Crippen LogP contribution in [0.5, 0.6) is 5.75 Å². The first-order valence-corrected chi connectivity index (χ1v) is 16.2. The second kappa shape index (κ2) is 19.9. The number of aliphatic carboxylic acids is 2. The Bertz CT molecular complexity index is 1320. The Balaban J connectivity index is 3.25. The molecular formula is C33H52N6O10. The summed E-state index contributed by atoms with van der Waals surface area (Å²) in [4.78, 5) is 89.0. The van der Waals surface area contributed by atoms with Gasteiger partial charge in [-0.15, -0.1) is 0 Å². The van der Waals surface area contributed by atoms with Crippen LogP contribution in [0.1, 0.15) is 73.3 Å². The van der Waals surface area contributed by atoms with Crippen molar-refractivity contribution in [2.75, 3.05) is 0 Å². The van der Waals surface area contributed by atoms with E-state index in [0.717, 1.165) is 0 Å². The Morgan fingerprint density at radius 2 is 1.14 bits per heavy atom. The van der Waals surface area contributed by atoms with Gasteiger partial charge in [0.15, 0.2) is 0 Å². The number of amides is 5. The first kappa shape index (κ1) is 42.3. The van der Waals surface area contributed by atoms with Crippen LogP contribution in [0, 0.1) is 17.8 Å². The summed E-state index contributed by atoms with van der Waals surface area (Å²) >= 11 is 0. The van der Waals surface area contributed by atoms with Crippen LogP contribution >= 0.6 is 0 Å². The summed E-state index contributed by atoms with van der Waals surface area (Å²) in [6.45, 7) is 11.9. The van der Waals surface area contributed by atoms with Gasteiger partial charge in [0.2, 0.25) is 29.5 Å². The average Bonchev–Trinajstić information content (AvgIpc) is 2.98. The zero-order valence-corrected chi connectivity index (χ0v) is 29.1. The molecule has 1 rings (SSSR count). The van der Waals surface area contributed by atoms with Gasteiger partial charge in [-0.3, -0.25) is 28.8 Å². The first-order chi connectivity index (χ1) is 22.7. The zero-order valence-electron chi connectivity index (χ0n) is 29.1. The van der Waals surface area contributed by atoms with Crippen molar-refractivity contribution in [2.24, 2.45) is 23.5 Å². The number of phenols is 1. The molecule has 1 aromatic carbocycles. The molecule has 5 amide bonds. The molecule has 0 saturated carbocycles. The Hall–Kier alpha value is -4.73. The van der Waals surface area contributed by atoms with Gasteiger partial charge in [-0.2, -0.15) is 0 Å². The molecule has 0 radical (unpaired) electrons. The number of nitrogens with one attached hydrogen (secondary N) is 5. The summed E-state index contributed by atoms with van der Waals surface area (Å²) < 4.78 is 0. The topological polar surface area (TPSA) is 266 Å². The number of hydrogen-bond donors (Lipinski definition) is 9. The normalized spacial score (nSPS) is 14.9. The van der Waals surface area contributed by atoms with Crippen LogP contribution in [0.2, 0.25) is 0 Å². The van der Waals surface area contributed by atoms with Gasteiger partial charge < -0.3 is 47.6 Å². The third-order valence-electron chi connectivity index (χ3n) is 7.40. The number of carbonyl (C=O) groups is 7. The van der Waals surface area contributed by atoms with Crippen molar-refractivity contribution in [1.29, 1.82) is 0 Å². The number of carbonyl (C=O) groups excluding carboxylic acids is 5. The number of benzene rings is 1. The highest BCUT2D eigenvalue weighted by Crippen LogP contribution is 2.13. The molecule has 0 aliphatic carbocycles. The molecule has 274 valence electrons. The summed E-state index contributed by atoms with van der Waals surface area (Å²) in [6.07, 6.45) is -0.555. The van der Waals surface area contributed by atoms with Crippen molar-refractivity contribution in [3.8, 4) is 5.75 Å². The third-order valence-corrected chi connectivity index (χ3v) is 7.40. The van der Waals surface area contributed by atoms with E-state index in [4.69, 9.17) is 5.73 Å². The number of phenolic OH excluding ortho intramolecular Hbond substituents is 1. The van der Waals surface area contributed by atoms with E-state index in [-0.39, 0.29) is 30.4 Å². The Kier molecular flexibility index (Phi) is 17.2. The molecule has 0 aliphatic heterocycles. The Morgan fingerprint density at radius 3 is 1.63 bits per heavy atom. The van der Waals surface area contributed by atoms with Gasteiger partial charge in [0.1, 0.15) is 36.0 Å². The summed E-state index contributed by atoms with van der Waals surface area (Å²) in [5.74, 6) is -7.29. The van der Waals surface area contributed by atoms with Crippen LogP contribution < -0.4 is 32.3 Å². The molecule has 0 unspecified atom stereocenters. The van der Waals surface area contributed by atoms with E-state index in [1.165, 1.54) is 31.2 Å². The molecule has 0 bridgehead atoms. The molecule has 1 aromatic rings. The predicted molar refractivity (Wildman–Crippen MR) is 179 cm³/mol. The summed E-state index contributed by atoms with van der Waals surface area (Å²) in [5.41, 5.74) is 6.48. The monoisotopic (exact) mass is 692 g/mol. The van der Waals surface area contributed by atoms with Crippen molar-refractivity contribution >= 4 is 41.5 Å². The molecule has 0 fully saturated rings. The molecule has 16 heteroatoms. The lowest BCUT2D eigenvalue weighted by atomic mass is 9.99. The maximum absolute atomic E-state index is 13.6. The fourth-order valence-electron chi connectivity index (χ4n) is 4.77. The molecule has 16 nitrogen and oxygen atoms in total. The molecule has 0 aliphatic rings. The molecule has 0 spiro atoms. The van der Waals surface area contributed by atoms with Crippen molar-refractivity contribution < 1.29 is 48.9 Å². The van der Waals surface area contributed by atoms with E-state index in [1.54, 1.807) is 27.7 Å². The van der Waals surface area contributed by atoms with Crippen molar-refractivity contribution in [1.82, 2.24) is 26.6 Å². The van der Waals surface area contributed by atoms with E-state index in [2.05, 4.69) is 26.6 Å². The number of nitrogens with two attached hydrogens (primary N) is 1. The minimum atomic E-state index is -1.71. The van der Waals surface area contributed by atoms with Crippen molar-refractivity contribution in [2.45, 2.75) is 110 Å². The second-order valence-corrected chi connectivity index (χ2v) is 13.3. The van der Waals surface area contributed by atoms with Gasteiger partial charge in [-0.1, -0.05) is 53.7 Å². The smallest absolute Gasteiger partial charge is 0.326 e. The van der Waals surface area contributed by atoms with Crippen LogP contribution in [0.3, 0.4) is 0 Å². The summed E-state index contributed by atoms with van der Waals surface area (Å²) in [7, 11) is 0. The number of carboxylic acid groups (broad SMARTS) is 2. The van der Waals surface area contributed by atoms with E-state index in [0.29, 0.717) is 12.0 Å². The highest BCUT2D eigenvalue weighted by Gasteiger charge is 2.34. The fourth-order valence-corrected chi connectivity index (χ4v) is 4.77. The van der Waals surface area contributed by atoms with Crippen LogP contribution in [-0.2, 0) is 40.0 Å². The standard InChI is InChI=1S/C33H52N6O10/c1-16(2)12-22(34)29(44)39-27(18(5)6)32(47)37-23(14-20-8-10-21(40)11-9-20)31(46)36-24(15-26(41)42)30(45)35-19(7)28(43)38-25(33(48)49)13-17(3)4/h8-11,16-19,22-25,27,40H,12-15,34H2,1-7H3,(H,35,45)(H,36,46)(H,37,47)(H,38,43)(H,39,44)(H,41,42)(H,48,49)/t19-,22-,23-,24-,25-,27-/m0/s1. The number of hydrogen-bond acceptors (Lipinski definition) is 9. The van der Waals surface area contributed by atoms with Gasteiger partial charge in [0.05, 0.1) is 12.5 Å². The SMILES string of the molecule is CC(C)C[C@H](NC(=O)[C@H](C)NC(=O)[C@H](CC(=O)O)NC(=O)[C@H](Cc1ccc(O)cc1)NC(=O)[C@@H](NC(=O)[C@@H](N)CC(C)C)C(C)C)C(=O)O. The third kappa shape index (κ3) is 15.4. The molecule has 10 N–H and O–H groups in total. The molecule has 49 heavy (non-hydrogen) atoms. The highest BCUT2D eigenvalue weighted by atomic mass is 16.4. The predicted octanol–water partition coefficient (Wildman–Crippen LogP) is 0.0134. The van der Waals surface area contributed by atoms with Crippen LogP contribution in [0.15, 0.2) is 24.3 Å². The number of rotatable bonds is 20. The van der Waals surface area contributed by atoms with Crippen LogP contribution in [0.25, 0.3) is 0 Å². The zero-order chi connectivity index (χ0) is 37.6. The molecule has 0 aromatic heterocycles. The van der Waals surface area contributed by atoms with Gasteiger partial charge in [-0.05, 0) is 55.2 Å². The molecular weight excluding hydrogens is 640 g/mol. The number of carboxylic acids is 2. The van der Waals surface area contributed by atoms with Gasteiger partial charge >= 0.3 is 11.9 Å². The fraction of sp³-hybridized carbons (Fsp3) is 0.606. The number of aromatic hydroxyl groups is 1. The van der Waals surface area contributed by atoms with E-state index in [1.807, 2.05) is 13.8 Å². The lowest BCUT2D eigenvalue weighted by Crippen LogP contribution is -2.60. The Morgan fingerprint density at radius 1 is 0.633 bits per heavy atom. The summed E-state index contributed by atoms with van der Waals surface area (Å²) in [6, 6.07) is -1.89. The highest BCUT2D eigenvalue weighted by molar-refractivity contribution is 5.97. The lowest BCUT2D eigenvalue weighted by molar-refractivity contribution is -0.143.